The maximum Gasteiger partial charge on any atom is 0.142 e. The smallest absolute Gasteiger partial charge is 0.142 e. The van der Waals surface area contributed by atoms with E-state index in [9.17, 15) is 0 Å². The van der Waals surface area contributed by atoms with Gasteiger partial charge in [0, 0.05) is 19.6 Å². The molecule has 17 heavy (non-hydrogen) atoms. The molecule has 0 unspecified atom stereocenters. The third-order valence-corrected chi connectivity index (χ3v) is 2.88. The molecule has 1 N–H and O–H groups in total. The predicted octanol–water partition coefficient (Wildman–Crippen LogP) is 2.05. The number of benzene rings is 1. The normalized spacial score (nSPS) is 14.8. The Hall–Kier alpha value is -1.48. The Morgan fingerprint density at radius 1 is 1.47 bits per heavy atom. The van der Waals surface area contributed by atoms with Crippen LogP contribution in [0.2, 0.25) is 0 Å². The molecule has 0 spiro atoms. The van der Waals surface area contributed by atoms with Crippen LogP contribution in [0.15, 0.2) is 36.4 Å². The van der Waals surface area contributed by atoms with Gasteiger partial charge in [0.15, 0.2) is 0 Å². The zero-order chi connectivity index (χ0) is 12.1. The van der Waals surface area contributed by atoms with E-state index >= 15 is 0 Å². The SMILES string of the molecule is C=C(CNC)CN1CCCOc2ccccc21. The van der Waals surface area contributed by atoms with E-state index in [2.05, 4.69) is 28.9 Å². The molecule has 0 amide bonds. The van der Waals surface area contributed by atoms with E-state index in [4.69, 9.17) is 4.74 Å². The molecule has 0 atom stereocenters. The molecular formula is C14H20N2O. The second-order valence-corrected chi connectivity index (χ2v) is 4.37. The summed E-state index contributed by atoms with van der Waals surface area (Å²) in [6, 6.07) is 8.23. The molecule has 1 aliphatic rings. The fraction of sp³-hybridized carbons (Fsp3) is 0.429. The minimum absolute atomic E-state index is 0.798. The zero-order valence-corrected chi connectivity index (χ0v) is 10.4. The highest BCUT2D eigenvalue weighted by Crippen LogP contribution is 2.30. The number of rotatable bonds is 4. The van der Waals surface area contributed by atoms with Crippen molar-refractivity contribution in [2.24, 2.45) is 0 Å². The van der Waals surface area contributed by atoms with E-state index in [1.807, 2.05) is 19.2 Å². The van der Waals surface area contributed by atoms with Crippen LogP contribution in [0, 0.1) is 0 Å². The molecule has 0 fully saturated rings. The van der Waals surface area contributed by atoms with Gasteiger partial charge in [-0.2, -0.15) is 0 Å². The molecule has 0 aromatic heterocycles. The number of nitrogens with zero attached hydrogens (tertiary/aromatic N) is 1. The van der Waals surface area contributed by atoms with Gasteiger partial charge in [-0.15, -0.1) is 0 Å². The summed E-state index contributed by atoms with van der Waals surface area (Å²) < 4.78 is 5.73. The summed E-state index contributed by atoms with van der Waals surface area (Å²) in [4.78, 5) is 2.35. The number of anilines is 1. The lowest BCUT2D eigenvalue weighted by molar-refractivity contribution is 0.322. The lowest BCUT2D eigenvalue weighted by atomic mass is 10.2. The van der Waals surface area contributed by atoms with Crippen LogP contribution in [0.3, 0.4) is 0 Å². The Kier molecular flexibility index (Phi) is 4.04. The van der Waals surface area contributed by atoms with Gasteiger partial charge in [0.25, 0.3) is 0 Å². The summed E-state index contributed by atoms with van der Waals surface area (Å²) in [5, 5.41) is 3.14. The van der Waals surface area contributed by atoms with E-state index < -0.39 is 0 Å². The predicted molar refractivity (Wildman–Crippen MR) is 71.8 cm³/mol. The maximum atomic E-state index is 5.73. The average Bonchev–Trinajstić information content (AvgIpc) is 2.53. The largest absolute Gasteiger partial charge is 0.491 e. The highest BCUT2D eigenvalue weighted by atomic mass is 16.5. The minimum atomic E-state index is 0.798. The summed E-state index contributed by atoms with van der Waals surface area (Å²) in [6.07, 6.45) is 1.06. The van der Waals surface area contributed by atoms with Crippen LogP contribution in [-0.4, -0.2) is 33.3 Å². The van der Waals surface area contributed by atoms with Crippen molar-refractivity contribution in [1.29, 1.82) is 0 Å². The molecule has 2 rings (SSSR count). The molecule has 3 heteroatoms. The van der Waals surface area contributed by atoms with E-state index in [0.717, 1.165) is 38.4 Å². The Labute approximate surface area is 103 Å². The Balaban J connectivity index is 2.14. The maximum absolute atomic E-state index is 5.73. The molecule has 0 bridgehead atoms. The van der Waals surface area contributed by atoms with Crippen molar-refractivity contribution in [2.75, 3.05) is 38.2 Å². The van der Waals surface area contributed by atoms with E-state index in [1.54, 1.807) is 0 Å². The van der Waals surface area contributed by atoms with Gasteiger partial charge < -0.3 is 15.0 Å². The fourth-order valence-corrected chi connectivity index (χ4v) is 2.14. The van der Waals surface area contributed by atoms with Crippen molar-refractivity contribution < 1.29 is 4.74 Å². The first-order valence-corrected chi connectivity index (χ1v) is 6.09. The molecule has 92 valence electrons. The first-order valence-electron chi connectivity index (χ1n) is 6.09. The number of likely N-dealkylation sites (N-methyl/N-ethyl adjacent to an activating group) is 1. The highest BCUT2D eigenvalue weighted by Gasteiger charge is 2.15. The molecule has 1 heterocycles. The average molecular weight is 232 g/mol. The number of hydrogen-bond acceptors (Lipinski definition) is 3. The number of ether oxygens (including phenoxy) is 1. The molecule has 0 saturated carbocycles. The Morgan fingerprint density at radius 2 is 2.29 bits per heavy atom. The highest BCUT2D eigenvalue weighted by molar-refractivity contribution is 5.59. The first-order chi connectivity index (χ1) is 8.31. The van der Waals surface area contributed by atoms with Crippen LogP contribution < -0.4 is 15.0 Å². The first kappa shape index (κ1) is 12.0. The van der Waals surface area contributed by atoms with Crippen molar-refractivity contribution in [3.8, 4) is 5.75 Å². The second-order valence-electron chi connectivity index (χ2n) is 4.37. The minimum Gasteiger partial charge on any atom is -0.491 e. The number of fused-ring (bicyclic) bond motifs is 1. The molecule has 0 radical (unpaired) electrons. The third-order valence-electron chi connectivity index (χ3n) is 2.88. The van der Waals surface area contributed by atoms with Crippen LogP contribution in [0.5, 0.6) is 5.75 Å². The molecule has 1 aromatic rings. The summed E-state index contributed by atoms with van der Waals surface area (Å²) in [6.45, 7) is 7.67. The van der Waals surface area contributed by atoms with Gasteiger partial charge in [0.1, 0.15) is 5.75 Å². The number of para-hydroxylation sites is 2. The topological polar surface area (TPSA) is 24.5 Å². The van der Waals surface area contributed by atoms with Crippen molar-refractivity contribution >= 4 is 5.69 Å². The van der Waals surface area contributed by atoms with Gasteiger partial charge in [-0.3, -0.25) is 0 Å². The van der Waals surface area contributed by atoms with Crippen molar-refractivity contribution in [3.05, 3.63) is 36.4 Å². The van der Waals surface area contributed by atoms with Crippen LogP contribution in [0.4, 0.5) is 5.69 Å². The van der Waals surface area contributed by atoms with Gasteiger partial charge in [0.05, 0.1) is 12.3 Å². The lowest BCUT2D eigenvalue weighted by Gasteiger charge is -2.24. The molecule has 1 aliphatic heterocycles. The molecule has 0 saturated heterocycles. The Bertz CT molecular complexity index is 390. The van der Waals surface area contributed by atoms with Crippen molar-refractivity contribution in [3.63, 3.8) is 0 Å². The van der Waals surface area contributed by atoms with Crippen LogP contribution in [0.1, 0.15) is 6.42 Å². The second kappa shape index (κ2) is 5.73. The van der Waals surface area contributed by atoms with E-state index in [-0.39, 0.29) is 0 Å². The monoisotopic (exact) mass is 232 g/mol. The lowest BCUT2D eigenvalue weighted by Crippen LogP contribution is -2.28. The number of hydrogen-bond donors (Lipinski definition) is 1. The van der Waals surface area contributed by atoms with Gasteiger partial charge in [-0.25, -0.2) is 0 Å². The fourth-order valence-electron chi connectivity index (χ4n) is 2.14. The van der Waals surface area contributed by atoms with Crippen molar-refractivity contribution in [2.45, 2.75) is 6.42 Å². The summed E-state index contributed by atoms with van der Waals surface area (Å²) in [5.41, 5.74) is 2.38. The van der Waals surface area contributed by atoms with Crippen molar-refractivity contribution in [1.82, 2.24) is 5.32 Å². The van der Waals surface area contributed by atoms with Gasteiger partial charge in [-0.1, -0.05) is 18.7 Å². The Morgan fingerprint density at radius 3 is 3.12 bits per heavy atom. The standard InChI is InChI=1S/C14H20N2O/c1-12(10-15-2)11-16-8-5-9-17-14-7-4-3-6-13(14)16/h3-4,6-7,15H,1,5,8-11H2,2H3. The van der Waals surface area contributed by atoms with E-state index in [0.29, 0.717) is 0 Å². The summed E-state index contributed by atoms with van der Waals surface area (Å²) >= 11 is 0. The summed E-state index contributed by atoms with van der Waals surface area (Å²) in [7, 11) is 1.95. The van der Waals surface area contributed by atoms with Gasteiger partial charge >= 0.3 is 0 Å². The molecule has 0 aliphatic carbocycles. The molecular weight excluding hydrogens is 212 g/mol. The number of nitrogens with one attached hydrogen (secondary N) is 1. The van der Waals surface area contributed by atoms with E-state index in [1.165, 1.54) is 11.3 Å². The van der Waals surface area contributed by atoms with Gasteiger partial charge in [0.2, 0.25) is 0 Å². The molecule has 1 aromatic carbocycles. The third kappa shape index (κ3) is 3.01. The quantitative estimate of drug-likeness (QED) is 0.804. The van der Waals surface area contributed by atoms with Crippen LogP contribution in [0.25, 0.3) is 0 Å². The summed E-state index contributed by atoms with van der Waals surface area (Å²) in [5.74, 6) is 0.988. The van der Waals surface area contributed by atoms with Crippen LogP contribution in [-0.2, 0) is 0 Å². The molecule has 3 nitrogen and oxygen atoms in total. The van der Waals surface area contributed by atoms with Gasteiger partial charge in [-0.05, 0) is 31.2 Å². The zero-order valence-electron chi connectivity index (χ0n) is 10.4. The van der Waals surface area contributed by atoms with Crippen LogP contribution >= 0.6 is 0 Å².